The number of hydrogen-bond acceptors (Lipinski definition) is 3. The number of carbonyl (C=O) groups excluding carboxylic acids is 1. The van der Waals surface area contributed by atoms with Crippen LogP contribution in [0.5, 0.6) is 0 Å². The molecule has 1 heterocycles. The third-order valence-corrected chi connectivity index (χ3v) is 5.06. The second kappa shape index (κ2) is 5.63. The van der Waals surface area contributed by atoms with E-state index < -0.39 is 0 Å². The fraction of sp³-hybridized carbons (Fsp3) is 0.615. The average molecular weight is 316 g/mol. The molecule has 0 bridgehead atoms. The highest BCUT2D eigenvalue weighted by molar-refractivity contribution is 9.11. The summed E-state index contributed by atoms with van der Waals surface area (Å²) < 4.78 is 1.17. The van der Waals surface area contributed by atoms with Crippen LogP contribution in [0.3, 0.4) is 0 Å². The van der Waals surface area contributed by atoms with Crippen LogP contribution < -0.4 is 0 Å². The summed E-state index contributed by atoms with van der Waals surface area (Å²) in [5.41, 5.74) is 1.26. The van der Waals surface area contributed by atoms with Gasteiger partial charge in [-0.3, -0.25) is 0 Å². The predicted octanol–water partition coefficient (Wildman–Crippen LogP) is 3.70. The molecule has 0 unspecified atom stereocenters. The normalized spacial score (nSPS) is 18.8. The lowest BCUT2D eigenvalue weighted by Gasteiger charge is -2.28. The van der Waals surface area contributed by atoms with Crippen molar-refractivity contribution in [1.29, 1.82) is 0 Å². The van der Waals surface area contributed by atoms with Gasteiger partial charge >= 0.3 is 0 Å². The van der Waals surface area contributed by atoms with Crippen molar-refractivity contribution >= 4 is 33.6 Å². The van der Waals surface area contributed by atoms with E-state index in [0.717, 1.165) is 25.9 Å². The standard InChI is InChI=1S/C13H18BrNOS/c1-15(7-11-6-12(14)17-8-11)9-13(10-16)4-2-3-5-13/h6,8,10H,2-5,7,9H2,1H3. The molecule has 17 heavy (non-hydrogen) atoms. The first-order valence-corrected chi connectivity index (χ1v) is 7.69. The van der Waals surface area contributed by atoms with Crippen LogP contribution in [0.2, 0.25) is 0 Å². The Balaban J connectivity index is 1.92. The molecule has 4 heteroatoms. The largest absolute Gasteiger partial charge is 0.303 e. The van der Waals surface area contributed by atoms with Crippen molar-refractivity contribution in [1.82, 2.24) is 4.90 Å². The molecule has 2 rings (SSSR count). The summed E-state index contributed by atoms with van der Waals surface area (Å²) in [7, 11) is 2.11. The van der Waals surface area contributed by atoms with Crippen molar-refractivity contribution in [3.63, 3.8) is 0 Å². The van der Waals surface area contributed by atoms with Crippen LogP contribution in [0.1, 0.15) is 31.2 Å². The Kier molecular flexibility index (Phi) is 4.39. The van der Waals surface area contributed by atoms with Crippen LogP contribution >= 0.6 is 27.3 Å². The lowest BCUT2D eigenvalue weighted by Crippen LogP contribution is -2.34. The zero-order valence-corrected chi connectivity index (χ0v) is 12.5. The van der Waals surface area contributed by atoms with E-state index in [4.69, 9.17) is 0 Å². The minimum absolute atomic E-state index is 0.0675. The van der Waals surface area contributed by atoms with Gasteiger partial charge in [-0.15, -0.1) is 11.3 Å². The first-order valence-electron chi connectivity index (χ1n) is 6.01. The molecule has 0 atom stereocenters. The van der Waals surface area contributed by atoms with Crippen molar-refractivity contribution in [2.24, 2.45) is 5.41 Å². The molecule has 1 aromatic heterocycles. The first-order chi connectivity index (χ1) is 8.13. The molecule has 1 saturated carbocycles. The second-order valence-corrected chi connectivity index (χ2v) is 7.41. The van der Waals surface area contributed by atoms with Gasteiger partial charge in [0.25, 0.3) is 0 Å². The van der Waals surface area contributed by atoms with Crippen LogP contribution in [0.4, 0.5) is 0 Å². The van der Waals surface area contributed by atoms with E-state index >= 15 is 0 Å². The number of halogens is 1. The van der Waals surface area contributed by atoms with E-state index in [2.05, 4.69) is 39.3 Å². The molecule has 94 valence electrons. The molecule has 1 fully saturated rings. The van der Waals surface area contributed by atoms with Gasteiger partial charge in [-0.2, -0.15) is 0 Å². The molecule has 0 aliphatic heterocycles. The summed E-state index contributed by atoms with van der Waals surface area (Å²) in [5.74, 6) is 0. The SMILES string of the molecule is CN(Cc1csc(Br)c1)CC1(C=O)CCCC1. The number of rotatable bonds is 5. The number of thiophene rings is 1. The van der Waals surface area contributed by atoms with Gasteiger partial charge in [-0.25, -0.2) is 0 Å². The Hall–Kier alpha value is -0.190. The summed E-state index contributed by atoms with van der Waals surface area (Å²) in [6.45, 7) is 1.82. The van der Waals surface area contributed by atoms with Gasteiger partial charge in [0, 0.05) is 18.5 Å². The van der Waals surface area contributed by atoms with Gasteiger partial charge in [0.1, 0.15) is 6.29 Å². The molecular weight excluding hydrogens is 298 g/mol. The summed E-state index contributed by atoms with van der Waals surface area (Å²) in [4.78, 5) is 13.6. The molecule has 0 radical (unpaired) electrons. The van der Waals surface area contributed by atoms with Gasteiger partial charge in [0.2, 0.25) is 0 Å². The van der Waals surface area contributed by atoms with Gasteiger partial charge in [-0.05, 0) is 52.8 Å². The third-order valence-electron chi connectivity index (χ3n) is 3.51. The Labute approximate surface area is 115 Å². The molecule has 0 spiro atoms. The maximum atomic E-state index is 11.3. The van der Waals surface area contributed by atoms with Crippen molar-refractivity contribution in [2.75, 3.05) is 13.6 Å². The maximum Gasteiger partial charge on any atom is 0.127 e. The summed E-state index contributed by atoms with van der Waals surface area (Å²) >= 11 is 5.19. The number of carbonyl (C=O) groups is 1. The van der Waals surface area contributed by atoms with E-state index in [1.54, 1.807) is 11.3 Å². The minimum atomic E-state index is -0.0675. The molecule has 1 aromatic rings. The smallest absolute Gasteiger partial charge is 0.127 e. The third kappa shape index (κ3) is 3.39. The zero-order chi connectivity index (χ0) is 12.3. The molecular formula is C13H18BrNOS. The van der Waals surface area contributed by atoms with Crippen molar-refractivity contribution in [2.45, 2.75) is 32.2 Å². The fourth-order valence-electron chi connectivity index (χ4n) is 2.73. The highest BCUT2D eigenvalue weighted by Gasteiger charge is 2.34. The van der Waals surface area contributed by atoms with E-state index in [1.165, 1.54) is 28.5 Å². The van der Waals surface area contributed by atoms with Crippen LogP contribution in [0.15, 0.2) is 15.2 Å². The lowest BCUT2D eigenvalue weighted by atomic mass is 9.87. The van der Waals surface area contributed by atoms with Gasteiger partial charge in [0.05, 0.1) is 3.79 Å². The van der Waals surface area contributed by atoms with E-state index in [0.29, 0.717) is 0 Å². The van der Waals surface area contributed by atoms with Crippen LogP contribution in [0, 0.1) is 5.41 Å². The van der Waals surface area contributed by atoms with Gasteiger partial charge in [0.15, 0.2) is 0 Å². The predicted molar refractivity (Wildman–Crippen MR) is 75.3 cm³/mol. The van der Waals surface area contributed by atoms with E-state index in [9.17, 15) is 4.79 Å². The number of nitrogens with zero attached hydrogens (tertiary/aromatic N) is 1. The number of hydrogen-bond donors (Lipinski definition) is 0. The monoisotopic (exact) mass is 315 g/mol. The molecule has 0 N–H and O–H groups in total. The Morgan fingerprint density at radius 1 is 1.53 bits per heavy atom. The van der Waals surface area contributed by atoms with E-state index in [1.807, 2.05) is 0 Å². The van der Waals surface area contributed by atoms with Crippen LogP contribution in [-0.2, 0) is 11.3 Å². The lowest BCUT2D eigenvalue weighted by molar-refractivity contribution is -0.116. The quantitative estimate of drug-likeness (QED) is 0.772. The highest BCUT2D eigenvalue weighted by Crippen LogP contribution is 2.37. The topological polar surface area (TPSA) is 20.3 Å². The molecule has 1 aliphatic rings. The summed E-state index contributed by atoms with van der Waals surface area (Å²) in [6.07, 6.45) is 5.73. The Morgan fingerprint density at radius 3 is 2.76 bits per heavy atom. The molecule has 2 nitrogen and oxygen atoms in total. The minimum Gasteiger partial charge on any atom is -0.303 e. The first kappa shape index (κ1) is 13.2. The number of aldehydes is 1. The molecule has 0 aromatic carbocycles. The maximum absolute atomic E-state index is 11.3. The van der Waals surface area contributed by atoms with E-state index in [-0.39, 0.29) is 5.41 Å². The van der Waals surface area contributed by atoms with Crippen molar-refractivity contribution in [3.05, 3.63) is 20.8 Å². The van der Waals surface area contributed by atoms with Gasteiger partial charge < -0.3 is 9.69 Å². The second-order valence-electron chi connectivity index (χ2n) is 5.12. The van der Waals surface area contributed by atoms with Crippen LogP contribution in [0.25, 0.3) is 0 Å². The average Bonchev–Trinajstić information content (AvgIpc) is 2.89. The summed E-state index contributed by atoms with van der Waals surface area (Å²) in [5, 5.41) is 2.17. The Morgan fingerprint density at radius 2 is 2.24 bits per heavy atom. The van der Waals surface area contributed by atoms with Crippen molar-refractivity contribution in [3.8, 4) is 0 Å². The highest BCUT2D eigenvalue weighted by atomic mass is 79.9. The molecule has 1 aliphatic carbocycles. The molecule has 0 amide bonds. The van der Waals surface area contributed by atoms with Crippen molar-refractivity contribution < 1.29 is 4.79 Å². The fourth-order valence-corrected chi connectivity index (χ4v) is 3.93. The summed E-state index contributed by atoms with van der Waals surface area (Å²) in [6, 6.07) is 2.16. The zero-order valence-electron chi connectivity index (χ0n) is 10.1. The van der Waals surface area contributed by atoms with Crippen LogP contribution in [-0.4, -0.2) is 24.8 Å². The molecule has 0 saturated heterocycles. The Bertz CT molecular complexity index is 385. The van der Waals surface area contributed by atoms with Gasteiger partial charge in [-0.1, -0.05) is 12.8 Å².